The van der Waals surface area contributed by atoms with Gasteiger partial charge >= 0.3 is 11.9 Å². The summed E-state index contributed by atoms with van der Waals surface area (Å²) in [4.78, 5) is 23.0. The molecule has 1 aromatic rings. The van der Waals surface area contributed by atoms with Gasteiger partial charge in [0.15, 0.2) is 0 Å². The van der Waals surface area contributed by atoms with E-state index in [1.54, 1.807) is 45.0 Å². The van der Waals surface area contributed by atoms with Gasteiger partial charge in [0.1, 0.15) is 5.75 Å². The van der Waals surface area contributed by atoms with E-state index in [2.05, 4.69) is 6.58 Å². The predicted molar refractivity (Wildman–Crippen MR) is 97.6 cm³/mol. The molecule has 0 heterocycles. The van der Waals surface area contributed by atoms with Crippen LogP contribution in [0.4, 0.5) is 0 Å². The Morgan fingerprint density at radius 2 is 1.69 bits per heavy atom. The summed E-state index contributed by atoms with van der Waals surface area (Å²) >= 11 is 0. The summed E-state index contributed by atoms with van der Waals surface area (Å²) < 4.78 is 10.1. The Morgan fingerprint density at radius 1 is 1.12 bits per heavy atom. The topological polar surface area (TPSA) is 93.1 Å². The van der Waals surface area contributed by atoms with Crippen LogP contribution in [0, 0.1) is 5.92 Å². The Kier molecular flexibility index (Phi) is 9.02. The summed E-state index contributed by atoms with van der Waals surface area (Å²) in [7, 11) is 0. The molecule has 1 aromatic carbocycles. The third-order valence-corrected chi connectivity index (χ3v) is 3.97. The van der Waals surface area contributed by atoms with Crippen LogP contribution >= 0.6 is 0 Å². The molecule has 0 amide bonds. The first-order chi connectivity index (χ1) is 12.2. The van der Waals surface area contributed by atoms with Gasteiger partial charge in [-0.1, -0.05) is 18.7 Å². The minimum atomic E-state index is -0.619. The van der Waals surface area contributed by atoms with Gasteiger partial charge in [0.05, 0.1) is 18.8 Å². The molecule has 0 aliphatic heterocycles. The fourth-order valence-corrected chi connectivity index (χ4v) is 2.40. The van der Waals surface area contributed by atoms with Gasteiger partial charge in [0, 0.05) is 17.9 Å². The van der Waals surface area contributed by atoms with Crippen LogP contribution in [0.3, 0.4) is 0 Å². The third kappa shape index (κ3) is 7.80. The zero-order chi connectivity index (χ0) is 19.7. The maximum atomic E-state index is 11.8. The summed E-state index contributed by atoms with van der Waals surface area (Å²) in [6.07, 6.45) is -0.201. The van der Waals surface area contributed by atoms with Crippen LogP contribution in [0.25, 0.3) is 0 Å². The van der Waals surface area contributed by atoms with Crippen molar-refractivity contribution in [1.82, 2.24) is 0 Å². The lowest BCUT2D eigenvalue weighted by atomic mass is 9.90. The highest BCUT2D eigenvalue weighted by atomic mass is 16.5. The smallest absolute Gasteiger partial charge is 0.333 e. The van der Waals surface area contributed by atoms with E-state index in [0.29, 0.717) is 24.2 Å². The predicted octanol–water partition coefficient (Wildman–Crippen LogP) is 2.41. The molecule has 6 heteroatoms. The van der Waals surface area contributed by atoms with Crippen LogP contribution < -0.4 is 4.74 Å². The van der Waals surface area contributed by atoms with E-state index < -0.39 is 24.1 Å². The average Bonchev–Trinajstić information content (AvgIpc) is 2.57. The molecule has 0 saturated carbocycles. The van der Waals surface area contributed by atoms with Crippen LogP contribution in [0.1, 0.15) is 39.2 Å². The van der Waals surface area contributed by atoms with E-state index in [1.807, 2.05) is 0 Å². The van der Waals surface area contributed by atoms with E-state index in [4.69, 9.17) is 9.47 Å². The van der Waals surface area contributed by atoms with Gasteiger partial charge in [-0.2, -0.15) is 0 Å². The van der Waals surface area contributed by atoms with Crippen molar-refractivity contribution >= 4 is 11.9 Å². The van der Waals surface area contributed by atoms with Gasteiger partial charge in [-0.05, 0) is 51.3 Å². The van der Waals surface area contributed by atoms with Crippen molar-refractivity contribution in [3.63, 3.8) is 0 Å². The lowest BCUT2D eigenvalue weighted by molar-refractivity contribution is -0.141. The molecule has 1 rings (SSSR count). The summed E-state index contributed by atoms with van der Waals surface area (Å²) in [5, 5.41) is 19.4. The number of hydrogen-bond donors (Lipinski definition) is 2. The summed E-state index contributed by atoms with van der Waals surface area (Å²) in [6.45, 7) is 8.48. The van der Waals surface area contributed by atoms with Gasteiger partial charge in [0.2, 0.25) is 0 Å². The van der Waals surface area contributed by atoms with E-state index in [1.165, 1.54) is 0 Å². The van der Waals surface area contributed by atoms with E-state index >= 15 is 0 Å². The van der Waals surface area contributed by atoms with Crippen molar-refractivity contribution < 1.29 is 29.3 Å². The van der Waals surface area contributed by atoms with Crippen molar-refractivity contribution in [3.8, 4) is 5.75 Å². The lowest BCUT2D eigenvalue weighted by Crippen LogP contribution is -2.29. The number of esters is 2. The Bertz CT molecular complexity index is 595. The quantitative estimate of drug-likeness (QED) is 0.287. The van der Waals surface area contributed by atoms with Gasteiger partial charge in [-0.15, -0.1) is 0 Å². The monoisotopic (exact) mass is 364 g/mol. The number of carbonyl (C=O) groups excluding carboxylic acids is 2. The lowest BCUT2D eigenvalue weighted by Gasteiger charge is -2.22. The first-order valence-electron chi connectivity index (χ1n) is 8.69. The average molecular weight is 364 g/mol. The van der Waals surface area contributed by atoms with Crippen LogP contribution in [-0.2, 0) is 20.7 Å². The van der Waals surface area contributed by atoms with Crippen molar-refractivity contribution in [1.29, 1.82) is 0 Å². The standard InChI is InChI=1S/C20H28O6/c1-13(2)20(24)25-11-5-6-19(23)26-17-9-7-16(8-10-17)12-18(14(3)21)15(4)22/h7-10,14-15,18,21-22H,1,5-6,11-12H2,2-4H3. The summed E-state index contributed by atoms with van der Waals surface area (Å²) in [5.74, 6) is -0.717. The number of aliphatic hydroxyl groups excluding tert-OH is 2. The largest absolute Gasteiger partial charge is 0.462 e. The van der Waals surface area contributed by atoms with Crippen LogP contribution in [0.15, 0.2) is 36.4 Å². The van der Waals surface area contributed by atoms with Crippen molar-refractivity contribution in [2.75, 3.05) is 6.61 Å². The highest BCUT2D eigenvalue weighted by molar-refractivity contribution is 5.86. The highest BCUT2D eigenvalue weighted by Crippen LogP contribution is 2.19. The third-order valence-electron chi connectivity index (χ3n) is 3.97. The molecule has 0 spiro atoms. The molecule has 0 saturated heterocycles. The van der Waals surface area contributed by atoms with Crippen molar-refractivity contribution in [2.24, 2.45) is 5.92 Å². The molecule has 0 aliphatic rings. The Morgan fingerprint density at radius 3 is 2.19 bits per heavy atom. The normalized spacial score (nSPS) is 14.2. The zero-order valence-electron chi connectivity index (χ0n) is 15.6. The minimum absolute atomic E-state index is 0.136. The number of benzene rings is 1. The van der Waals surface area contributed by atoms with Gasteiger partial charge in [-0.25, -0.2) is 4.79 Å². The van der Waals surface area contributed by atoms with Gasteiger partial charge in [-0.3, -0.25) is 4.79 Å². The highest BCUT2D eigenvalue weighted by Gasteiger charge is 2.20. The number of ether oxygens (including phenoxy) is 2. The molecule has 0 aromatic heterocycles. The van der Waals surface area contributed by atoms with Crippen LogP contribution in [0.2, 0.25) is 0 Å². The fraction of sp³-hybridized carbons (Fsp3) is 0.500. The molecule has 144 valence electrons. The van der Waals surface area contributed by atoms with E-state index in [9.17, 15) is 19.8 Å². The second-order valence-electron chi connectivity index (χ2n) is 6.49. The molecular formula is C20H28O6. The maximum Gasteiger partial charge on any atom is 0.333 e. The van der Waals surface area contributed by atoms with Crippen molar-refractivity contribution in [3.05, 3.63) is 42.0 Å². The minimum Gasteiger partial charge on any atom is -0.462 e. The molecule has 2 N–H and O–H groups in total. The molecule has 2 unspecified atom stereocenters. The van der Waals surface area contributed by atoms with E-state index in [-0.39, 0.29) is 18.9 Å². The SMILES string of the molecule is C=C(C)C(=O)OCCCC(=O)Oc1ccc(CC(C(C)O)C(C)O)cc1. The Hall–Kier alpha value is -2.18. The molecule has 0 bridgehead atoms. The zero-order valence-corrected chi connectivity index (χ0v) is 15.6. The van der Waals surface area contributed by atoms with E-state index in [0.717, 1.165) is 5.56 Å². The van der Waals surface area contributed by atoms with Crippen molar-refractivity contribution in [2.45, 2.75) is 52.2 Å². The van der Waals surface area contributed by atoms with Gasteiger partial charge in [0.25, 0.3) is 0 Å². The molecule has 6 nitrogen and oxygen atoms in total. The number of rotatable bonds is 10. The number of carbonyl (C=O) groups is 2. The summed E-state index contributed by atoms with van der Waals surface area (Å²) in [5.41, 5.74) is 1.25. The van der Waals surface area contributed by atoms with Crippen LogP contribution in [-0.4, -0.2) is 41.0 Å². The van der Waals surface area contributed by atoms with Crippen LogP contribution in [0.5, 0.6) is 5.75 Å². The summed E-state index contributed by atoms with van der Waals surface area (Å²) in [6, 6.07) is 6.95. The fourth-order valence-electron chi connectivity index (χ4n) is 2.40. The first kappa shape index (κ1) is 21.9. The Balaban J connectivity index is 2.43. The molecule has 0 fully saturated rings. The number of hydrogen-bond acceptors (Lipinski definition) is 6. The second kappa shape index (κ2) is 10.7. The molecule has 26 heavy (non-hydrogen) atoms. The molecule has 2 atom stereocenters. The first-order valence-corrected chi connectivity index (χ1v) is 8.69. The maximum absolute atomic E-state index is 11.8. The van der Waals surface area contributed by atoms with Gasteiger partial charge < -0.3 is 19.7 Å². The molecule has 0 radical (unpaired) electrons. The molecular weight excluding hydrogens is 336 g/mol. The second-order valence-corrected chi connectivity index (χ2v) is 6.49. The molecule has 0 aliphatic carbocycles. The Labute approximate surface area is 154 Å². The number of aliphatic hydroxyl groups is 2.